The monoisotopic (exact) mass is 424 g/mol. The summed E-state index contributed by atoms with van der Waals surface area (Å²) in [5.41, 5.74) is 3.24. The number of fused-ring (bicyclic) bond motifs is 1. The van der Waals surface area contributed by atoms with E-state index in [0.29, 0.717) is 10.0 Å². The summed E-state index contributed by atoms with van der Waals surface area (Å²) in [6, 6.07) is 18.8. The zero-order valence-electron chi connectivity index (χ0n) is 13.4. The molecule has 0 amide bonds. The summed E-state index contributed by atoms with van der Waals surface area (Å²) in [5.74, 6) is -0.0486. The first-order valence-corrected chi connectivity index (χ1v) is 9.43. The highest BCUT2D eigenvalue weighted by molar-refractivity contribution is 9.10. The van der Waals surface area contributed by atoms with Gasteiger partial charge in [0.15, 0.2) is 0 Å². The van der Waals surface area contributed by atoms with Crippen molar-refractivity contribution in [1.82, 2.24) is 4.98 Å². The summed E-state index contributed by atoms with van der Waals surface area (Å²) in [4.78, 5) is 9.11. The number of hydrogen-bond donors (Lipinski definition) is 2. The number of nitrogens with zero attached hydrogens (tertiary/aromatic N) is 2. The number of aromatic hydroxyl groups is 2. The van der Waals surface area contributed by atoms with Crippen molar-refractivity contribution in [2.75, 3.05) is 0 Å². The highest BCUT2D eigenvalue weighted by Gasteiger charge is 2.07. The van der Waals surface area contributed by atoms with Crippen molar-refractivity contribution in [3.8, 4) is 22.1 Å². The van der Waals surface area contributed by atoms with Crippen molar-refractivity contribution in [2.24, 2.45) is 4.99 Å². The minimum Gasteiger partial charge on any atom is -0.507 e. The van der Waals surface area contributed by atoms with Crippen molar-refractivity contribution >= 4 is 49.4 Å². The average Bonchev–Trinajstić information content (AvgIpc) is 3.08. The lowest BCUT2D eigenvalue weighted by Gasteiger charge is -2.02. The molecule has 1 aromatic heterocycles. The van der Waals surface area contributed by atoms with Crippen molar-refractivity contribution < 1.29 is 10.2 Å². The molecule has 0 aliphatic carbocycles. The third kappa shape index (κ3) is 3.34. The molecule has 6 heteroatoms. The van der Waals surface area contributed by atoms with E-state index in [-0.39, 0.29) is 11.5 Å². The number of phenolic OH excluding ortho intramolecular Hbond substituents is 2. The third-order valence-corrected chi connectivity index (χ3v) is 5.56. The number of aromatic nitrogens is 1. The van der Waals surface area contributed by atoms with Crippen LogP contribution in [0.15, 0.2) is 70.1 Å². The van der Waals surface area contributed by atoms with Crippen LogP contribution in [0.4, 0.5) is 5.69 Å². The lowest BCUT2D eigenvalue weighted by atomic mass is 10.2. The minimum absolute atomic E-state index is 0.0167. The number of benzene rings is 3. The molecule has 4 rings (SSSR count). The van der Waals surface area contributed by atoms with Gasteiger partial charge in [-0.1, -0.05) is 30.3 Å². The summed E-state index contributed by atoms with van der Waals surface area (Å²) < 4.78 is 1.59. The van der Waals surface area contributed by atoms with Gasteiger partial charge in [-0.3, -0.25) is 4.99 Å². The minimum atomic E-state index is -0.0319. The lowest BCUT2D eigenvalue weighted by Crippen LogP contribution is -1.83. The first kappa shape index (κ1) is 16.8. The molecule has 0 radical (unpaired) electrons. The first-order valence-electron chi connectivity index (χ1n) is 7.82. The molecule has 1 heterocycles. The van der Waals surface area contributed by atoms with Crippen LogP contribution >= 0.6 is 27.3 Å². The Kier molecular flexibility index (Phi) is 4.44. The Morgan fingerprint density at radius 1 is 0.962 bits per heavy atom. The maximum atomic E-state index is 9.91. The van der Waals surface area contributed by atoms with Gasteiger partial charge in [-0.25, -0.2) is 4.98 Å². The predicted octanol–water partition coefficient (Wildman–Crippen LogP) is 5.89. The average molecular weight is 425 g/mol. The Hall–Kier alpha value is -2.70. The van der Waals surface area contributed by atoms with E-state index in [1.165, 1.54) is 6.07 Å². The topological polar surface area (TPSA) is 65.7 Å². The normalized spacial score (nSPS) is 11.4. The van der Waals surface area contributed by atoms with Crippen molar-refractivity contribution in [3.05, 3.63) is 70.7 Å². The fourth-order valence-electron chi connectivity index (χ4n) is 2.51. The largest absolute Gasteiger partial charge is 0.507 e. The lowest BCUT2D eigenvalue weighted by molar-refractivity contribution is 0.448. The Bertz CT molecular complexity index is 1120. The molecule has 128 valence electrons. The molecule has 0 atom stereocenters. The summed E-state index contributed by atoms with van der Waals surface area (Å²) in [6.07, 6.45) is 1.56. The zero-order chi connectivity index (χ0) is 18.1. The molecule has 0 unspecified atom stereocenters. The second-order valence-electron chi connectivity index (χ2n) is 5.66. The van der Waals surface area contributed by atoms with Crippen LogP contribution in [0.1, 0.15) is 5.56 Å². The van der Waals surface area contributed by atoms with E-state index < -0.39 is 0 Å². The van der Waals surface area contributed by atoms with E-state index in [2.05, 4.69) is 20.9 Å². The smallest absolute Gasteiger partial charge is 0.133 e. The van der Waals surface area contributed by atoms with Crippen LogP contribution in [0.2, 0.25) is 0 Å². The Morgan fingerprint density at radius 2 is 1.77 bits per heavy atom. The van der Waals surface area contributed by atoms with E-state index in [1.807, 2.05) is 48.5 Å². The second-order valence-corrected chi connectivity index (χ2v) is 7.54. The molecule has 0 fully saturated rings. The quantitative estimate of drug-likeness (QED) is 0.403. The summed E-state index contributed by atoms with van der Waals surface area (Å²) in [7, 11) is 0. The fraction of sp³-hybridized carbons (Fsp3) is 0. The molecular formula is C20H13BrN2O2S. The van der Waals surface area contributed by atoms with E-state index in [1.54, 1.807) is 23.6 Å². The number of halogens is 1. The molecule has 3 aromatic carbocycles. The summed E-state index contributed by atoms with van der Waals surface area (Å²) in [5, 5.41) is 20.5. The molecule has 0 aliphatic rings. The zero-order valence-corrected chi connectivity index (χ0v) is 15.8. The van der Waals surface area contributed by atoms with Crippen LogP contribution in [0.5, 0.6) is 11.5 Å². The molecule has 0 aliphatic heterocycles. The number of phenols is 2. The van der Waals surface area contributed by atoms with Gasteiger partial charge < -0.3 is 10.2 Å². The SMILES string of the molecule is Oc1cc(O)c(C=Nc2ccc3sc(-c4ccccc4)nc3c2)cc1Br. The molecule has 0 saturated carbocycles. The van der Waals surface area contributed by atoms with Crippen LogP contribution in [0, 0.1) is 0 Å². The van der Waals surface area contributed by atoms with Gasteiger partial charge in [0.25, 0.3) is 0 Å². The van der Waals surface area contributed by atoms with Gasteiger partial charge in [0.05, 0.1) is 20.4 Å². The molecule has 0 saturated heterocycles. The highest BCUT2D eigenvalue weighted by Crippen LogP contribution is 2.33. The highest BCUT2D eigenvalue weighted by atomic mass is 79.9. The van der Waals surface area contributed by atoms with Gasteiger partial charge in [-0.15, -0.1) is 11.3 Å². The van der Waals surface area contributed by atoms with Crippen LogP contribution in [-0.4, -0.2) is 21.4 Å². The number of hydrogen-bond acceptors (Lipinski definition) is 5. The van der Waals surface area contributed by atoms with E-state index in [4.69, 9.17) is 4.98 Å². The van der Waals surface area contributed by atoms with Crippen molar-refractivity contribution in [2.45, 2.75) is 0 Å². The molecule has 26 heavy (non-hydrogen) atoms. The third-order valence-electron chi connectivity index (χ3n) is 3.84. The van der Waals surface area contributed by atoms with E-state index >= 15 is 0 Å². The second kappa shape index (κ2) is 6.90. The van der Waals surface area contributed by atoms with Crippen LogP contribution < -0.4 is 0 Å². The van der Waals surface area contributed by atoms with Crippen LogP contribution in [0.3, 0.4) is 0 Å². The standard InChI is InChI=1S/C20H13BrN2O2S/c21-15-8-13(17(24)10-18(15)25)11-22-14-6-7-19-16(9-14)23-20(26-19)12-4-2-1-3-5-12/h1-11,24-25H. The number of thiazole rings is 1. The maximum Gasteiger partial charge on any atom is 0.133 e. The summed E-state index contributed by atoms with van der Waals surface area (Å²) >= 11 is 4.88. The maximum absolute atomic E-state index is 9.91. The van der Waals surface area contributed by atoms with E-state index in [9.17, 15) is 10.2 Å². The van der Waals surface area contributed by atoms with Gasteiger partial charge in [0, 0.05) is 23.4 Å². The first-order chi connectivity index (χ1) is 12.6. The van der Waals surface area contributed by atoms with Gasteiger partial charge >= 0.3 is 0 Å². The van der Waals surface area contributed by atoms with Gasteiger partial charge in [0.2, 0.25) is 0 Å². The summed E-state index contributed by atoms with van der Waals surface area (Å²) in [6.45, 7) is 0. The van der Waals surface area contributed by atoms with E-state index in [0.717, 1.165) is 26.5 Å². The molecule has 4 aromatic rings. The Morgan fingerprint density at radius 3 is 2.58 bits per heavy atom. The fourth-order valence-corrected chi connectivity index (χ4v) is 3.83. The van der Waals surface area contributed by atoms with Gasteiger partial charge in [-0.2, -0.15) is 0 Å². The van der Waals surface area contributed by atoms with Crippen LogP contribution in [-0.2, 0) is 0 Å². The molecule has 2 N–H and O–H groups in total. The van der Waals surface area contributed by atoms with Crippen LogP contribution in [0.25, 0.3) is 20.8 Å². The Balaban J connectivity index is 1.67. The molecule has 0 bridgehead atoms. The predicted molar refractivity (Wildman–Crippen MR) is 110 cm³/mol. The number of rotatable bonds is 3. The molecule has 0 spiro atoms. The van der Waals surface area contributed by atoms with Crippen molar-refractivity contribution in [1.29, 1.82) is 0 Å². The Labute approximate surface area is 162 Å². The van der Waals surface area contributed by atoms with Gasteiger partial charge in [-0.05, 0) is 40.2 Å². The van der Waals surface area contributed by atoms with Crippen molar-refractivity contribution in [3.63, 3.8) is 0 Å². The molecule has 4 nitrogen and oxygen atoms in total. The van der Waals surface area contributed by atoms with Gasteiger partial charge in [0.1, 0.15) is 16.5 Å². The molecular weight excluding hydrogens is 412 g/mol. The number of aliphatic imine (C=N–C) groups is 1.